The van der Waals surface area contributed by atoms with Crippen molar-refractivity contribution >= 4 is 17.8 Å². The van der Waals surface area contributed by atoms with E-state index in [-0.39, 0.29) is 29.9 Å². The Balaban J connectivity index is 1.56. The number of urea groups is 1. The molecule has 0 bridgehead atoms. The largest absolute Gasteiger partial charge is 0.335 e. The summed E-state index contributed by atoms with van der Waals surface area (Å²) in [7, 11) is 0. The number of nitrogens with zero attached hydrogens (tertiary/aromatic N) is 3. The molecule has 3 aromatic rings. The molecule has 1 fully saturated rings. The first-order chi connectivity index (χ1) is 18.1. The highest BCUT2D eigenvalue weighted by Gasteiger charge is 2.25. The number of hydrogen-bond acceptors (Lipinski definition) is 3. The van der Waals surface area contributed by atoms with E-state index in [1.54, 1.807) is 9.58 Å². The van der Waals surface area contributed by atoms with Crippen molar-refractivity contribution in [1.82, 2.24) is 20.0 Å². The molecule has 2 aromatic carbocycles. The van der Waals surface area contributed by atoms with E-state index >= 15 is 0 Å². The van der Waals surface area contributed by atoms with Gasteiger partial charge in [-0.15, -0.1) is 0 Å². The van der Waals surface area contributed by atoms with Crippen LogP contribution in [0.1, 0.15) is 75.3 Å². The van der Waals surface area contributed by atoms with Crippen LogP contribution < -0.4 is 10.6 Å². The zero-order valence-electron chi connectivity index (χ0n) is 23.4. The summed E-state index contributed by atoms with van der Waals surface area (Å²) in [6.45, 7) is 10.7. The zero-order chi connectivity index (χ0) is 27.3. The number of nitrogens with one attached hydrogen (secondary N) is 2. The summed E-state index contributed by atoms with van der Waals surface area (Å²) < 4.78 is 1.80. The summed E-state index contributed by atoms with van der Waals surface area (Å²) in [4.78, 5) is 28.3. The third-order valence-corrected chi connectivity index (χ3v) is 7.10. The molecule has 1 aliphatic carbocycles. The molecule has 0 radical (unpaired) electrons. The van der Waals surface area contributed by atoms with E-state index in [1.807, 2.05) is 55.5 Å². The van der Waals surface area contributed by atoms with Crippen LogP contribution in [0.25, 0.3) is 5.69 Å². The van der Waals surface area contributed by atoms with Crippen LogP contribution in [0.3, 0.4) is 0 Å². The number of carbonyl (C=O) groups excluding carboxylic acids is 2. The van der Waals surface area contributed by atoms with Crippen LogP contribution >= 0.6 is 0 Å². The summed E-state index contributed by atoms with van der Waals surface area (Å²) in [6, 6.07) is 17.9. The molecule has 1 heterocycles. The number of anilines is 1. The Hall–Kier alpha value is -3.61. The number of amides is 3. The van der Waals surface area contributed by atoms with Gasteiger partial charge in [-0.25, -0.2) is 9.48 Å². The molecule has 202 valence electrons. The molecule has 38 heavy (non-hydrogen) atoms. The van der Waals surface area contributed by atoms with E-state index < -0.39 is 0 Å². The van der Waals surface area contributed by atoms with Gasteiger partial charge in [0.15, 0.2) is 0 Å². The molecule has 7 nitrogen and oxygen atoms in total. The predicted octanol–water partition coefficient (Wildman–Crippen LogP) is 6.27. The Kier molecular flexibility index (Phi) is 8.55. The zero-order valence-corrected chi connectivity index (χ0v) is 23.4. The second-order valence-electron chi connectivity index (χ2n) is 11.5. The van der Waals surface area contributed by atoms with Crippen molar-refractivity contribution in [2.75, 3.05) is 11.9 Å². The molecular formula is C31H41N5O2. The topological polar surface area (TPSA) is 79.3 Å². The summed E-state index contributed by atoms with van der Waals surface area (Å²) >= 11 is 0. The van der Waals surface area contributed by atoms with Crippen LogP contribution in [0.15, 0.2) is 54.6 Å². The quantitative estimate of drug-likeness (QED) is 0.389. The SMILES string of the molecule is Cc1ccc(-n2nc(C(C)(C)C)cc2NC(=O)CN(Cc2ccccc2)C(=O)NC2CCCCC2)c(C)c1. The smallest absolute Gasteiger partial charge is 0.318 e. The van der Waals surface area contributed by atoms with Crippen molar-refractivity contribution in [3.8, 4) is 5.69 Å². The van der Waals surface area contributed by atoms with Crippen molar-refractivity contribution in [2.45, 2.75) is 84.7 Å². The van der Waals surface area contributed by atoms with Crippen LogP contribution in [0.5, 0.6) is 0 Å². The van der Waals surface area contributed by atoms with Crippen LogP contribution in [-0.4, -0.2) is 39.2 Å². The minimum absolute atomic E-state index is 0.0592. The van der Waals surface area contributed by atoms with Gasteiger partial charge in [-0.3, -0.25) is 4.79 Å². The number of aryl methyl sites for hydroxylation is 2. The van der Waals surface area contributed by atoms with E-state index in [0.717, 1.165) is 48.2 Å². The normalized spacial score (nSPS) is 14.2. The highest BCUT2D eigenvalue weighted by atomic mass is 16.2. The van der Waals surface area contributed by atoms with Gasteiger partial charge in [0.1, 0.15) is 12.4 Å². The van der Waals surface area contributed by atoms with Gasteiger partial charge in [0.05, 0.1) is 11.4 Å². The van der Waals surface area contributed by atoms with E-state index in [9.17, 15) is 9.59 Å². The fourth-order valence-electron chi connectivity index (χ4n) is 4.94. The lowest BCUT2D eigenvalue weighted by Crippen LogP contribution is -2.47. The van der Waals surface area contributed by atoms with Gasteiger partial charge in [-0.1, -0.05) is 88.1 Å². The lowest BCUT2D eigenvalue weighted by molar-refractivity contribution is -0.116. The first-order valence-electron chi connectivity index (χ1n) is 13.7. The maximum absolute atomic E-state index is 13.4. The minimum atomic E-state index is -0.258. The molecule has 2 N–H and O–H groups in total. The van der Waals surface area contributed by atoms with Crippen LogP contribution in [0.2, 0.25) is 0 Å². The number of benzene rings is 2. The highest BCUT2D eigenvalue weighted by Crippen LogP contribution is 2.28. The van der Waals surface area contributed by atoms with Crippen LogP contribution in [0.4, 0.5) is 10.6 Å². The molecule has 3 amide bonds. The first-order valence-corrected chi connectivity index (χ1v) is 13.7. The van der Waals surface area contributed by atoms with Crippen LogP contribution in [-0.2, 0) is 16.8 Å². The second-order valence-corrected chi connectivity index (χ2v) is 11.5. The van der Waals surface area contributed by atoms with Gasteiger partial charge in [-0.2, -0.15) is 5.10 Å². The Morgan fingerprint density at radius 2 is 1.71 bits per heavy atom. The third kappa shape index (κ3) is 7.03. The number of aromatic nitrogens is 2. The minimum Gasteiger partial charge on any atom is -0.335 e. The number of hydrogen-bond donors (Lipinski definition) is 2. The van der Waals surface area contributed by atoms with E-state index in [0.29, 0.717) is 12.4 Å². The maximum atomic E-state index is 13.4. The fraction of sp³-hybridized carbons (Fsp3) is 0.452. The average Bonchev–Trinajstić information content (AvgIpc) is 3.29. The first kappa shape index (κ1) is 27.4. The van der Waals surface area contributed by atoms with Crippen LogP contribution in [0, 0.1) is 13.8 Å². The maximum Gasteiger partial charge on any atom is 0.318 e. The average molecular weight is 516 g/mol. The highest BCUT2D eigenvalue weighted by molar-refractivity contribution is 5.94. The lowest BCUT2D eigenvalue weighted by atomic mass is 9.92. The lowest BCUT2D eigenvalue weighted by Gasteiger charge is -2.28. The van der Waals surface area contributed by atoms with Gasteiger partial charge < -0.3 is 15.5 Å². The molecule has 0 saturated heterocycles. The van der Waals surface area contributed by atoms with Crippen molar-refractivity contribution in [3.63, 3.8) is 0 Å². The third-order valence-electron chi connectivity index (χ3n) is 7.10. The predicted molar refractivity (Wildman–Crippen MR) is 153 cm³/mol. The van der Waals surface area contributed by atoms with Crippen molar-refractivity contribution < 1.29 is 9.59 Å². The molecule has 0 spiro atoms. The molecular weight excluding hydrogens is 474 g/mol. The van der Waals surface area contributed by atoms with Gasteiger partial charge in [0.25, 0.3) is 0 Å². The number of rotatable bonds is 7. The van der Waals surface area contributed by atoms with Gasteiger partial charge >= 0.3 is 6.03 Å². The summed E-state index contributed by atoms with van der Waals surface area (Å²) in [5, 5.41) is 11.1. The molecule has 0 unspecified atom stereocenters. The van der Waals surface area contributed by atoms with Gasteiger partial charge in [-0.05, 0) is 43.9 Å². The monoisotopic (exact) mass is 515 g/mol. The molecule has 1 aliphatic rings. The Labute approximate surface area is 226 Å². The van der Waals surface area contributed by atoms with Crippen molar-refractivity contribution in [3.05, 3.63) is 77.0 Å². The second kappa shape index (κ2) is 11.8. The Morgan fingerprint density at radius 3 is 2.37 bits per heavy atom. The molecule has 0 aliphatic heterocycles. The summed E-state index contributed by atoms with van der Waals surface area (Å²) in [5.41, 5.74) is 4.82. The number of carbonyl (C=O) groups is 2. The van der Waals surface area contributed by atoms with Gasteiger partial charge in [0, 0.05) is 24.1 Å². The van der Waals surface area contributed by atoms with Crippen molar-refractivity contribution in [1.29, 1.82) is 0 Å². The molecule has 1 aromatic heterocycles. The van der Waals surface area contributed by atoms with E-state index in [1.165, 1.54) is 12.0 Å². The molecule has 1 saturated carbocycles. The summed E-state index contributed by atoms with van der Waals surface area (Å²) in [5.74, 6) is 0.338. The molecule has 0 atom stereocenters. The Morgan fingerprint density at radius 1 is 1.00 bits per heavy atom. The summed E-state index contributed by atoms with van der Waals surface area (Å²) in [6.07, 6.45) is 5.45. The Bertz CT molecular complexity index is 1250. The van der Waals surface area contributed by atoms with Gasteiger partial charge in [0.2, 0.25) is 5.91 Å². The molecule has 4 rings (SSSR count). The standard InChI is InChI=1S/C31H41N5O2/c1-22-16-17-26(23(2)18-22)36-28(19-27(34-36)31(3,4)5)33-29(37)21-35(20-24-12-8-6-9-13-24)30(38)32-25-14-10-7-11-15-25/h6,8-9,12-13,16-19,25H,7,10-11,14-15,20-21H2,1-5H3,(H,32,38)(H,33,37). The van der Waals surface area contributed by atoms with E-state index in [2.05, 4.69) is 44.4 Å². The van der Waals surface area contributed by atoms with Crippen molar-refractivity contribution in [2.24, 2.45) is 0 Å². The fourth-order valence-corrected chi connectivity index (χ4v) is 4.94. The molecule has 7 heteroatoms. The van der Waals surface area contributed by atoms with E-state index in [4.69, 9.17) is 5.10 Å².